The average Bonchev–Trinajstić information content (AvgIpc) is 2.67. The summed E-state index contributed by atoms with van der Waals surface area (Å²) >= 11 is 1.53. The average molecular weight is 460 g/mol. The minimum atomic E-state index is -1.04. The number of carbonyl (C=O) groups excluding carboxylic acids is 3. The largest absolute Gasteiger partial charge is 0.480 e. The Kier molecular flexibility index (Phi) is 10.6. The number of piperidine rings is 1. The number of carbonyl (C=O) groups is 4. The molecule has 0 aromatic heterocycles. The predicted octanol–water partition coefficient (Wildman–Crippen LogP) is 2.10. The van der Waals surface area contributed by atoms with Crippen molar-refractivity contribution in [3.8, 4) is 0 Å². The van der Waals surface area contributed by atoms with E-state index in [4.69, 9.17) is 4.74 Å². The smallest absolute Gasteiger partial charge is 0.408 e. The van der Waals surface area contributed by atoms with Crippen LogP contribution in [0, 0.1) is 11.8 Å². The molecule has 1 aliphatic rings. The number of nitrogens with one attached hydrogen (secondary N) is 2. The van der Waals surface area contributed by atoms with Crippen LogP contribution in [-0.2, 0) is 19.1 Å². The lowest BCUT2D eigenvalue weighted by molar-refractivity contribution is -0.143. The third-order valence-electron chi connectivity index (χ3n) is 5.01. The highest BCUT2D eigenvalue weighted by Gasteiger charge is 2.34. The van der Waals surface area contributed by atoms with Crippen molar-refractivity contribution in [2.45, 2.75) is 71.6 Å². The Balaban J connectivity index is 2.64. The topological polar surface area (TPSA) is 125 Å². The molecule has 0 unspecified atom stereocenters. The number of carboxylic acid groups (broad SMARTS) is 1. The summed E-state index contributed by atoms with van der Waals surface area (Å²) in [6.07, 6.45) is 2.51. The Hall–Kier alpha value is -1.97. The van der Waals surface area contributed by atoms with Crippen LogP contribution in [0.25, 0.3) is 0 Å². The highest BCUT2D eigenvalue weighted by atomic mass is 32.2. The summed E-state index contributed by atoms with van der Waals surface area (Å²) in [5.41, 5.74) is -0.663. The van der Waals surface area contributed by atoms with E-state index in [-0.39, 0.29) is 23.7 Å². The fourth-order valence-corrected chi connectivity index (χ4v) is 3.76. The lowest BCUT2D eigenvalue weighted by Crippen LogP contribution is -2.54. The number of nitrogens with zero attached hydrogens (tertiary/aromatic N) is 1. The molecule has 9 nitrogen and oxygen atoms in total. The summed E-state index contributed by atoms with van der Waals surface area (Å²) in [6.45, 7) is 9.71. The first kappa shape index (κ1) is 27.1. The maximum Gasteiger partial charge on any atom is 0.408 e. The first-order valence-electron chi connectivity index (χ1n) is 10.7. The Morgan fingerprint density at radius 2 is 1.71 bits per heavy atom. The van der Waals surface area contributed by atoms with Crippen molar-refractivity contribution in [3.63, 3.8) is 0 Å². The molecule has 2 atom stereocenters. The van der Waals surface area contributed by atoms with E-state index in [1.807, 2.05) is 20.1 Å². The quantitative estimate of drug-likeness (QED) is 0.482. The summed E-state index contributed by atoms with van der Waals surface area (Å²) in [5.74, 6) is -1.35. The number of amides is 3. The molecule has 0 aromatic rings. The Morgan fingerprint density at radius 3 is 2.16 bits per heavy atom. The number of rotatable bonds is 9. The normalized spacial score (nSPS) is 17.1. The van der Waals surface area contributed by atoms with Gasteiger partial charge in [0.1, 0.15) is 17.7 Å². The van der Waals surface area contributed by atoms with E-state index in [0.717, 1.165) is 0 Å². The van der Waals surface area contributed by atoms with Crippen molar-refractivity contribution in [3.05, 3.63) is 0 Å². The zero-order valence-corrected chi connectivity index (χ0v) is 20.2. The van der Waals surface area contributed by atoms with Crippen LogP contribution in [0.5, 0.6) is 0 Å². The molecule has 0 aliphatic carbocycles. The van der Waals surface area contributed by atoms with Crippen LogP contribution in [0.2, 0.25) is 0 Å². The Bertz CT molecular complexity index is 642. The van der Waals surface area contributed by atoms with Gasteiger partial charge >= 0.3 is 12.1 Å². The molecule has 31 heavy (non-hydrogen) atoms. The molecule has 0 aromatic carbocycles. The Labute approximate surface area is 189 Å². The molecule has 1 aliphatic heterocycles. The SMILES string of the molecule is CSCC[C@H](NC(=O)C1CCN(C(=O)[C@@H](NC(=O)OC(C)(C)C)C(C)C)CC1)C(=O)O. The fourth-order valence-electron chi connectivity index (χ4n) is 3.29. The molecule has 0 saturated carbocycles. The molecule has 1 saturated heterocycles. The van der Waals surface area contributed by atoms with Crippen molar-refractivity contribution in [2.75, 3.05) is 25.1 Å². The fraction of sp³-hybridized carbons (Fsp3) is 0.810. The molecular formula is C21H37N3O6S. The second kappa shape index (κ2) is 12.2. The molecule has 1 rings (SSSR count). The van der Waals surface area contributed by atoms with Gasteiger partial charge in [-0.1, -0.05) is 13.8 Å². The molecular weight excluding hydrogens is 422 g/mol. The van der Waals surface area contributed by atoms with Crippen LogP contribution >= 0.6 is 11.8 Å². The van der Waals surface area contributed by atoms with E-state index < -0.39 is 29.7 Å². The van der Waals surface area contributed by atoms with E-state index in [1.165, 1.54) is 11.8 Å². The highest BCUT2D eigenvalue weighted by Crippen LogP contribution is 2.20. The van der Waals surface area contributed by atoms with E-state index in [2.05, 4.69) is 10.6 Å². The van der Waals surface area contributed by atoms with E-state index in [9.17, 15) is 24.3 Å². The van der Waals surface area contributed by atoms with E-state index in [1.54, 1.807) is 25.7 Å². The maximum atomic E-state index is 13.0. The van der Waals surface area contributed by atoms with Gasteiger partial charge in [0.2, 0.25) is 11.8 Å². The van der Waals surface area contributed by atoms with Crippen LogP contribution < -0.4 is 10.6 Å². The summed E-state index contributed by atoms with van der Waals surface area (Å²) in [6, 6.07) is -1.62. The second-order valence-electron chi connectivity index (χ2n) is 9.15. The van der Waals surface area contributed by atoms with Crippen LogP contribution in [0.15, 0.2) is 0 Å². The Morgan fingerprint density at radius 1 is 1.13 bits per heavy atom. The molecule has 1 fully saturated rings. The predicted molar refractivity (Wildman–Crippen MR) is 120 cm³/mol. The number of alkyl carbamates (subject to hydrolysis) is 1. The van der Waals surface area contributed by atoms with Gasteiger partial charge in [-0.05, 0) is 58.0 Å². The molecule has 0 bridgehead atoms. The summed E-state index contributed by atoms with van der Waals surface area (Å²) < 4.78 is 5.27. The van der Waals surface area contributed by atoms with Gasteiger partial charge < -0.3 is 25.4 Å². The van der Waals surface area contributed by atoms with E-state index in [0.29, 0.717) is 38.1 Å². The molecule has 0 spiro atoms. The molecule has 0 radical (unpaired) electrons. The molecule has 3 N–H and O–H groups in total. The number of carboxylic acids is 1. The first-order chi connectivity index (χ1) is 14.4. The standard InChI is InChI=1S/C21H37N3O6S/c1-13(2)16(23-20(29)30-21(3,4)5)18(26)24-10-7-14(8-11-24)17(25)22-15(19(27)28)9-12-31-6/h13-16H,7-12H2,1-6H3,(H,22,25)(H,23,29)(H,27,28)/t15-,16-/m0/s1. The third-order valence-corrected chi connectivity index (χ3v) is 5.65. The van der Waals surface area contributed by atoms with Crippen LogP contribution in [0.3, 0.4) is 0 Å². The number of likely N-dealkylation sites (tertiary alicyclic amines) is 1. The molecule has 1 heterocycles. The third kappa shape index (κ3) is 9.37. The summed E-state index contributed by atoms with van der Waals surface area (Å²) in [7, 11) is 0. The van der Waals surface area contributed by atoms with Crippen LogP contribution in [0.4, 0.5) is 4.79 Å². The minimum Gasteiger partial charge on any atom is -0.480 e. The lowest BCUT2D eigenvalue weighted by Gasteiger charge is -2.35. The lowest BCUT2D eigenvalue weighted by atomic mass is 9.94. The van der Waals surface area contributed by atoms with Gasteiger partial charge in [0.05, 0.1) is 0 Å². The maximum absolute atomic E-state index is 13.0. The number of thioether (sulfide) groups is 1. The monoisotopic (exact) mass is 459 g/mol. The molecule has 178 valence electrons. The van der Waals surface area contributed by atoms with Crippen molar-refractivity contribution in [2.24, 2.45) is 11.8 Å². The van der Waals surface area contributed by atoms with Gasteiger partial charge in [-0.2, -0.15) is 11.8 Å². The highest BCUT2D eigenvalue weighted by molar-refractivity contribution is 7.98. The van der Waals surface area contributed by atoms with Crippen molar-refractivity contribution < 1.29 is 29.0 Å². The van der Waals surface area contributed by atoms with Crippen molar-refractivity contribution >= 4 is 35.6 Å². The van der Waals surface area contributed by atoms with Crippen LogP contribution in [0.1, 0.15) is 53.9 Å². The van der Waals surface area contributed by atoms with Gasteiger partial charge in [-0.3, -0.25) is 9.59 Å². The zero-order valence-electron chi connectivity index (χ0n) is 19.4. The number of hydrogen-bond donors (Lipinski definition) is 3. The number of hydrogen-bond acceptors (Lipinski definition) is 6. The summed E-state index contributed by atoms with van der Waals surface area (Å²) in [5, 5.41) is 14.6. The van der Waals surface area contributed by atoms with E-state index >= 15 is 0 Å². The second-order valence-corrected chi connectivity index (χ2v) is 10.1. The number of ether oxygens (including phenoxy) is 1. The first-order valence-corrected chi connectivity index (χ1v) is 12.1. The number of aliphatic carboxylic acids is 1. The van der Waals surface area contributed by atoms with Crippen molar-refractivity contribution in [1.29, 1.82) is 0 Å². The van der Waals surface area contributed by atoms with Crippen LogP contribution in [-0.4, -0.2) is 76.7 Å². The van der Waals surface area contributed by atoms with Gasteiger partial charge in [0, 0.05) is 19.0 Å². The zero-order chi connectivity index (χ0) is 23.8. The summed E-state index contributed by atoms with van der Waals surface area (Å²) in [4.78, 5) is 50.6. The van der Waals surface area contributed by atoms with Gasteiger partial charge in [0.25, 0.3) is 0 Å². The molecule has 3 amide bonds. The molecule has 10 heteroatoms. The minimum absolute atomic E-state index is 0.131. The van der Waals surface area contributed by atoms with Gasteiger partial charge in [-0.15, -0.1) is 0 Å². The van der Waals surface area contributed by atoms with Gasteiger partial charge in [0.15, 0.2) is 0 Å². The van der Waals surface area contributed by atoms with Crippen molar-refractivity contribution in [1.82, 2.24) is 15.5 Å². The van der Waals surface area contributed by atoms with Gasteiger partial charge in [-0.25, -0.2) is 9.59 Å².